The van der Waals surface area contributed by atoms with E-state index in [1.54, 1.807) is 43.5 Å². The Hall–Kier alpha value is -3.24. The number of hydrogen-bond acceptors (Lipinski definition) is 5. The van der Waals surface area contributed by atoms with Crippen LogP contribution in [-0.4, -0.2) is 24.7 Å². The molecule has 0 aliphatic carbocycles. The van der Waals surface area contributed by atoms with Crippen LogP contribution >= 0.6 is 11.8 Å². The number of amides is 2. The number of carbonyl (C=O) groups excluding carboxylic acids is 2. The summed E-state index contributed by atoms with van der Waals surface area (Å²) in [6, 6.07) is 16.1. The third kappa shape index (κ3) is 3.96. The van der Waals surface area contributed by atoms with Gasteiger partial charge in [0, 0.05) is 11.4 Å². The van der Waals surface area contributed by atoms with Crippen molar-refractivity contribution in [1.29, 1.82) is 5.26 Å². The average molecular weight is 379 g/mol. The number of benzene rings is 2. The number of nitrogens with one attached hydrogen (secondary N) is 1. The molecule has 1 fully saturated rings. The number of ether oxygens (including phenoxy) is 1. The standard InChI is InChI=1S/C20H17N3O3S/c1-13-3-5-14(6-4-13)22-19(25)17(11-21)20-23(18(24)12-27-20)15-7-9-16(26-2)10-8-15/h3-10H,12H2,1-2H3,(H,22,25)/b20-17-. The number of anilines is 2. The maximum atomic E-state index is 12.6. The molecular formula is C20H17N3O3S. The molecule has 1 saturated heterocycles. The highest BCUT2D eigenvalue weighted by atomic mass is 32.2. The lowest BCUT2D eigenvalue weighted by Crippen LogP contribution is -2.26. The van der Waals surface area contributed by atoms with E-state index >= 15 is 0 Å². The van der Waals surface area contributed by atoms with Gasteiger partial charge in [-0.25, -0.2) is 0 Å². The average Bonchev–Trinajstić information content (AvgIpc) is 3.05. The molecular weight excluding hydrogens is 362 g/mol. The van der Waals surface area contributed by atoms with Crippen molar-refractivity contribution in [1.82, 2.24) is 0 Å². The van der Waals surface area contributed by atoms with Crippen LogP contribution in [0.15, 0.2) is 59.1 Å². The Morgan fingerprint density at radius 3 is 2.44 bits per heavy atom. The quantitative estimate of drug-likeness (QED) is 0.650. The summed E-state index contributed by atoms with van der Waals surface area (Å²) in [4.78, 5) is 26.4. The van der Waals surface area contributed by atoms with Crippen molar-refractivity contribution in [3.63, 3.8) is 0 Å². The van der Waals surface area contributed by atoms with Crippen LogP contribution in [0.3, 0.4) is 0 Å². The van der Waals surface area contributed by atoms with Gasteiger partial charge >= 0.3 is 0 Å². The summed E-state index contributed by atoms with van der Waals surface area (Å²) >= 11 is 1.18. The van der Waals surface area contributed by atoms with E-state index in [1.807, 2.05) is 25.1 Å². The van der Waals surface area contributed by atoms with Crippen LogP contribution in [0.5, 0.6) is 5.75 Å². The van der Waals surface area contributed by atoms with E-state index in [-0.39, 0.29) is 17.2 Å². The molecule has 7 heteroatoms. The first-order valence-electron chi connectivity index (χ1n) is 8.15. The maximum Gasteiger partial charge on any atom is 0.269 e. The summed E-state index contributed by atoms with van der Waals surface area (Å²) < 4.78 is 5.13. The first-order chi connectivity index (χ1) is 13.0. The molecule has 1 heterocycles. The molecule has 2 amide bonds. The third-order valence-corrected chi connectivity index (χ3v) is 5.03. The zero-order valence-electron chi connectivity index (χ0n) is 14.9. The van der Waals surface area contributed by atoms with E-state index in [0.29, 0.717) is 22.2 Å². The number of hydrogen-bond donors (Lipinski definition) is 1. The van der Waals surface area contributed by atoms with Crippen LogP contribution in [-0.2, 0) is 9.59 Å². The second kappa shape index (κ2) is 7.98. The second-order valence-corrected chi connectivity index (χ2v) is 6.79. The van der Waals surface area contributed by atoms with E-state index < -0.39 is 5.91 Å². The highest BCUT2D eigenvalue weighted by Gasteiger charge is 2.33. The molecule has 0 unspecified atom stereocenters. The van der Waals surface area contributed by atoms with Crippen molar-refractivity contribution >= 4 is 35.0 Å². The molecule has 6 nitrogen and oxygen atoms in total. The zero-order chi connectivity index (χ0) is 19.4. The van der Waals surface area contributed by atoms with Gasteiger partial charge < -0.3 is 10.1 Å². The molecule has 0 bridgehead atoms. The van der Waals surface area contributed by atoms with Crippen LogP contribution in [0.1, 0.15) is 5.56 Å². The Kier molecular flexibility index (Phi) is 5.48. The highest BCUT2D eigenvalue weighted by Crippen LogP contribution is 2.36. The minimum Gasteiger partial charge on any atom is -0.497 e. The van der Waals surface area contributed by atoms with Crippen LogP contribution in [0.2, 0.25) is 0 Å². The summed E-state index contributed by atoms with van der Waals surface area (Å²) in [5.74, 6) is 0.0963. The number of rotatable bonds is 4. The van der Waals surface area contributed by atoms with Gasteiger partial charge in [-0.3, -0.25) is 14.5 Å². The molecule has 1 aliphatic rings. The Morgan fingerprint density at radius 1 is 1.19 bits per heavy atom. The molecule has 2 aromatic rings. The molecule has 27 heavy (non-hydrogen) atoms. The first-order valence-corrected chi connectivity index (χ1v) is 9.14. The Balaban J connectivity index is 1.93. The molecule has 136 valence electrons. The SMILES string of the molecule is COc1ccc(N2C(=O)CS/C2=C(/C#N)C(=O)Nc2ccc(C)cc2)cc1. The van der Waals surface area contributed by atoms with Crippen molar-refractivity contribution in [3.05, 3.63) is 64.7 Å². The molecule has 1 aliphatic heterocycles. The van der Waals surface area contributed by atoms with Crippen LogP contribution in [0.25, 0.3) is 0 Å². The van der Waals surface area contributed by atoms with Crippen LogP contribution in [0, 0.1) is 18.3 Å². The van der Waals surface area contributed by atoms with E-state index in [0.717, 1.165) is 5.56 Å². The van der Waals surface area contributed by atoms with Gasteiger partial charge in [0.25, 0.3) is 5.91 Å². The second-order valence-electron chi connectivity index (χ2n) is 5.83. The molecule has 2 aromatic carbocycles. The van der Waals surface area contributed by atoms with E-state index in [1.165, 1.54) is 16.7 Å². The van der Waals surface area contributed by atoms with E-state index in [9.17, 15) is 14.9 Å². The van der Waals surface area contributed by atoms with Gasteiger partial charge in [0.15, 0.2) is 0 Å². The predicted molar refractivity (Wildman–Crippen MR) is 105 cm³/mol. The van der Waals surface area contributed by atoms with Gasteiger partial charge in [-0.2, -0.15) is 5.26 Å². The largest absolute Gasteiger partial charge is 0.497 e. The Morgan fingerprint density at radius 2 is 1.85 bits per heavy atom. The number of nitriles is 1. The fourth-order valence-corrected chi connectivity index (χ4v) is 3.58. The Labute approximate surface area is 161 Å². The molecule has 0 saturated carbocycles. The lowest BCUT2D eigenvalue weighted by molar-refractivity contribution is -0.115. The first kappa shape index (κ1) is 18.5. The maximum absolute atomic E-state index is 12.6. The molecule has 0 spiro atoms. The van der Waals surface area contributed by atoms with Crippen molar-refractivity contribution in [2.75, 3.05) is 23.1 Å². The van der Waals surface area contributed by atoms with E-state index in [2.05, 4.69) is 5.32 Å². The number of methoxy groups -OCH3 is 1. The van der Waals surface area contributed by atoms with E-state index in [4.69, 9.17) is 4.74 Å². The number of nitrogens with zero attached hydrogens (tertiary/aromatic N) is 2. The highest BCUT2D eigenvalue weighted by molar-refractivity contribution is 8.04. The monoisotopic (exact) mass is 379 g/mol. The summed E-state index contributed by atoms with van der Waals surface area (Å²) in [6.45, 7) is 1.95. The lowest BCUT2D eigenvalue weighted by atomic mass is 10.2. The van der Waals surface area contributed by atoms with Gasteiger partial charge in [-0.1, -0.05) is 29.5 Å². The van der Waals surface area contributed by atoms with Gasteiger partial charge in [0.05, 0.1) is 12.9 Å². The topological polar surface area (TPSA) is 82.4 Å². The molecule has 0 radical (unpaired) electrons. The zero-order valence-corrected chi connectivity index (χ0v) is 15.7. The minimum absolute atomic E-state index is 0.0951. The number of aryl methyl sites for hydroxylation is 1. The van der Waals surface area contributed by atoms with Crippen LogP contribution < -0.4 is 15.0 Å². The summed E-state index contributed by atoms with van der Waals surface area (Å²) in [6.07, 6.45) is 0. The summed E-state index contributed by atoms with van der Waals surface area (Å²) in [5, 5.41) is 12.6. The molecule has 0 atom stereocenters. The predicted octanol–water partition coefficient (Wildman–Crippen LogP) is 3.46. The molecule has 3 rings (SSSR count). The minimum atomic E-state index is -0.544. The van der Waals surface area contributed by atoms with Gasteiger partial charge in [-0.05, 0) is 43.3 Å². The van der Waals surface area contributed by atoms with Crippen molar-refractivity contribution in [3.8, 4) is 11.8 Å². The number of thioether (sulfide) groups is 1. The fraction of sp³-hybridized carbons (Fsp3) is 0.150. The Bertz CT molecular complexity index is 944. The number of carbonyl (C=O) groups is 2. The van der Waals surface area contributed by atoms with Crippen LogP contribution in [0.4, 0.5) is 11.4 Å². The smallest absolute Gasteiger partial charge is 0.269 e. The van der Waals surface area contributed by atoms with Gasteiger partial charge in [0.1, 0.15) is 22.4 Å². The molecule has 0 aromatic heterocycles. The fourth-order valence-electron chi connectivity index (χ4n) is 2.58. The third-order valence-electron chi connectivity index (χ3n) is 3.98. The lowest BCUT2D eigenvalue weighted by Gasteiger charge is -2.18. The normalized spacial score (nSPS) is 15.3. The summed E-state index contributed by atoms with van der Waals surface area (Å²) in [5.41, 5.74) is 2.14. The van der Waals surface area contributed by atoms with Crippen molar-refractivity contribution < 1.29 is 14.3 Å². The molecule has 1 N–H and O–H groups in total. The van der Waals surface area contributed by atoms with Crippen molar-refractivity contribution in [2.45, 2.75) is 6.92 Å². The van der Waals surface area contributed by atoms with Crippen molar-refractivity contribution in [2.24, 2.45) is 0 Å². The van der Waals surface area contributed by atoms with Gasteiger partial charge in [-0.15, -0.1) is 0 Å². The summed E-state index contributed by atoms with van der Waals surface area (Å²) in [7, 11) is 1.56. The van der Waals surface area contributed by atoms with Gasteiger partial charge in [0.2, 0.25) is 5.91 Å².